The first-order valence-electron chi connectivity index (χ1n) is 7.17. The molecule has 0 aromatic heterocycles. The van der Waals surface area contributed by atoms with E-state index in [4.69, 9.17) is 9.47 Å². The standard InChI is InChI=1S/C19H16O4/c20-15-6-10-17(11-7-15)22-19(14-4-2-1-3-5-14)23-18-12-8-16(21)9-13-18/h1-13,19-21H. The molecule has 0 bridgehead atoms. The quantitative estimate of drug-likeness (QED) is 0.692. The monoisotopic (exact) mass is 308 g/mol. The zero-order valence-corrected chi connectivity index (χ0v) is 12.3. The van der Waals surface area contributed by atoms with Gasteiger partial charge in [0.25, 0.3) is 6.29 Å². The summed E-state index contributed by atoms with van der Waals surface area (Å²) < 4.78 is 11.8. The number of phenols is 2. The molecular formula is C19H16O4. The van der Waals surface area contributed by atoms with Gasteiger partial charge in [-0.25, -0.2) is 0 Å². The predicted molar refractivity (Wildman–Crippen MR) is 86.7 cm³/mol. The van der Waals surface area contributed by atoms with Crippen LogP contribution in [0.15, 0.2) is 78.9 Å². The summed E-state index contributed by atoms with van der Waals surface area (Å²) in [5.41, 5.74) is 0.855. The van der Waals surface area contributed by atoms with Gasteiger partial charge < -0.3 is 19.7 Å². The SMILES string of the molecule is Oc1ccc(OC(Oc2ccc(O)cc2)c2ccccc2)cc1. The van der Waals surface area contributed by atoms with Gasteiger partial charge in [0.05, 0.1) is 0 Å². The summed E-state index contributed by atoms with van der Waals surface area (Å²) in [5.74, 6) is 1.51. The Morgan fingerprint density at radius 1 is 0.565 bits per heavy atom. The van der Waals surface area contributed by atoms with Gasteiger partial charge >= 0.3 is 0 Å². The first-order valence-corrected chi connectivity index (χ1v) is 7.17. The van der Waals surface area contributed by atoms with Crippen LogP contribution in [0.1, 0.15) is 11.9 Å². The number of rotatable bonds is 5. The van der Waals surface area contributed by atoms with E-state index in [0.29, 0.717) is 11.5 Å². The van der Waals surface area contributed by atoms with Gasteiger partial charge in [-0.05, 0) is 48.5 Å². The largest absolute Gasteiger partial charge is 0.508 e. The van der Waals surface area contributed by atoms with Crippen molar-refractivity contribution in [2.75, 3.05) is 0 Å². The zero-order chi connectivity index (χ0) is 16.1. The second-order valence-electron chi connectivity index (χ2n) is 4.97. The van der Waals surface area contributed by atoms with Crippen molar-refractivity contribution >= 4 is 0 Å². The number of aromatic hydroxyl groups is 2. The van der Waals surface area contributed by atoms with E-state index in [1.165, 1.54) is 0 Å². The minimum absolute atomic E-state index is 0.174. The number of hydrogen-bond acceptors (Lipinski definition) is 4. The van der Waals surface area contributed by atoms with Gasteiger partial charge in [-0.1, -0.05) is 30.3 Å². The smallest absolute Gasteiger partial charge is 0.267 e. The molecule has 0 amide bonds. The van der Waals surface area contributed by atoms with E-state index >= 15 is 0 Å². The van der Waals surface area contributed by atoms with Crippen molar-refractivity contribution in [1.82, 2.24) is 0 Å². The molecule has 0 aliphatic rings. The van der Waals surface area contributed by atoms with Crippen LogP contribution in [0.5, 0.6) is 23.0 Å². The molecule has 3 rings (SSSR count). The molecule has 23 heavy (non-hydrogen) atoms. The summed E-state index contributed by atoms with van der Waals surface area (Å²) in [6, 6.07) is 22.4. The van der Waals surface area contributed by atoms with Crippen molar-refractivity contribution in [3.63, 3.8) is 0 Å². The number of phenolic OH excluding ortho intramolecular Hbond substituents is 2. The molecule has 0 fully saturated rings. The Morgan fingerprint density at radius 2 is 1.00 bits per heavy atom. The summed E-state index contributed by atoms with van der Waals surface area (Å²) in [6.07, 6.45) is -0.648. The summed E-state index contributed by atoms with van der Waals surface area (Å²) in [7, 11) is 0. The Bertz CT molecular complexity index is 689. The van der Waals surface area contributed by atoms with Crippen molar-refractivity contribution < 1.29 is 19.7 Å². The highest BCUT2D eigenvalue weighted by atomic mass is 16.7. The van der Waals surface area contributed by atoms with Crippen LogP contribution in [0.4, 0.5) is 0 Å². The molecule has 4 heteroatoms. The Morgan fingerprint density at radius 3 is 1.43 bits per heavy atom. The summed E-state index contributed by atoms with van der Waals surface area (Å²) in [4.78, 5) is 0. The van der Waals surface area contributed by atoms with Crippen LogP contribution in [0.25, 0.3) is 0 Å². The van der Waals surface area contributed by atoms with Gasteiger partial charge in [0.2, 0.25) is 0 Å². The van der Waals surface area contributed by atoms with E-state index < -0.39 is 6.29 Å². The first-order chi connectivity index (χ1) is 11.2. The third-order valence-electron chi connectivity index (χ3n) is 3.23. The highest BCUT2D eigenvalue weighted by molar-refractivity contribution is 5.33. The molecule has 0 heterocycles. The van der Waals surface area contributed by atoms with E-state index in [0.717, 1.165) is 5.56 Å². The van der Waals surface area contributed by atoms with Gasteiger partial charge in [-0.3, -0.25) is 0 Å². The molecule has 0 aliphatic heterocycles. The molecule has 3 aromatic rings. The average molecular weight is 308 g/mol. The van der Waals surface area contributed by atoms with Crippen LogP contribution in [-0.4, -0.2) is 10.2 Å². The maximum absolute atomic E-state index is 9.36. The van der Waals surface area contributed by atoms with Crippen molar-refractivity contribution in [3.8, 4) is 23.0 Å². The predicted octanol–water partition coefficient (Wildman–Crippen LogP) is 4.25. The molecule has 0 saturated heterocycles. The fourth-order valence-corrected chi connectivity index (χ4v) is 2.07. The van der Waals surface area contributed by atoms with Crippen LogP contribution in [-0.2, 0) is 0 Å². The molecule has 116 valence electrons. The lowest BCUT2D eigenvalue weighted by atomic mass is 10.2. The summed E-state index contributed by atoms with van der Waals surface area (Å²) in [6.45, 7) is 0. The minimum atomic E-state index is -0.648. The minimum Gasteiger partial charge on any atom is -0.508 e. The van der Waals surface area contributed by atoms with Crippen molar-refractivity contribution in [1.29, 1.82) is 0 Å². The Labute approximate surface area is 134 Å². The Balaban J connectivity index is 1.84. The fraction of sp³-hybridized carbons (Fsp3) is 0.0526. The molecule has 3 aromatic carbocycles. The average Bonchev–Trinajstić information content (AvgIpc) is 2.59. The van der Waals surface area contributed by atoms with Crippen LogP contribution in [0, 0.1) is 0 Å². The highest BCUT2D eigenvalue weighted by Gasteiger charge is 2.15. The molecule has 0 spiro atoms. The van der Waals surface area contributed by atoms with Gasteiger partial charge in [0.1, 0.15) is 23.0 Å². The van der Waals surface area contributed by atoms with E-state index in [1.54, 1.807) is 48.5 Å². The molecule has 0 saturated carbocycles. The first kappa shape index (κ1) is 14.8. The maximum atomic E-state index is 9.36. The lowest BCUT2D eigenvalue weighted by Crippen LogP contribution is -2.14. The number of benzene rings is 3. The second-order valence-corrected chi connectivity index (χ2v) is 4.97. The van der Waals surface area contributed by atoms with Gasteiger partial charge in [0, 0.05) is 5.56 Å². The highest BCUT2D eigenvalue weighted by Crippen LogP contribution is 2.27. The third kappa shape index (κ3) is 3.95. The van der Waals surface area contributed by atoms with Crippen LogP contribution < -0.4 is 9.47 Å². The van der Waals surface area contributed by atoms with Crippen LogP contribution >= 0.6 is 0 Å². The van der Waals surface area contributed by atoms with E-state index in [9.17, 15) is 10.2 Å². The summed E-state index contributed by atoms with van der Waals surface area (Å²) >= 11 is 0. The Kier molecular flexibility index (Phi) is 4.34. The van der Waals surface area contributed by atoms with Gasteiger partial charge in [-0.2, -0.15) is 0 Å². The third-order valence-corrected chi connectivity index (χ3v) is 3.23. The van der Waals surface area contributed by atoms with Crippen molar-refractivity contribution in [2.24, 2.45) is 0 Å². The normalized spacial score (nSPS) is 10.5. The van der Waals surface area contributed by atoms with Gasteiger partial charge in [0.15, 0.2) is 0 Å². The number of hydrogen-bond donors (Lipinski definition) is 2. The topological polar surface area (TPSA) is 58.9 Å². The molecule has 4 nitrogen and oxygen atoms in total. The molecular weight excluding hydrogens is 292 g/mol. The number of ether oxygens (including phenoxy) is 2. The van der Waals surface area contributed by atoms with E-state index in [1.807, 2.05) is 30.3 Å². The van der Waals surface area contributed by atoms with Crippen LogP contribution in [0.3, 0.4) is 0 Å². The molecule has 0 radical (unpaired) electrons. The molecule has 2 N–H and O–H groups in total. The van der Waals surface area contributed by atoms with Gasteiger partial charge in [-0.15, -0.1) is 0 Å². The van der Waals surface area contributed by atoms with Crippen molar-refractivity contribution in [3.05, 3.63) is 84.4 Å². The Hall–Kier alpha value is -3.14. The molecule has 0 aliphatic carbocycles. The zero-order valence-electron chi connectivity index (χ0n) is 12.3. The van der Waals surface area contributed by atoms with Crippen molar-refractivity contribution in [2.45, 2.75) is 6.29 Å². The van der Waals surface area contributed by atoms with E-state index in [2.05, 4.69) is 0 Å². The van der Waals surface area contributed by atoms with Crippen LogP contribution in [0.2, 0.25) is 0 Å². The molecule has 0 unspecified atom stereocenters. The maximum Gasteiger partial charge on any atom is 0.267 e. The lowest BCUT2D eigenvalue weighted by Gasteiger charge is -2.21. The second kappa shape index (κ2) is 6.75. The van der Waals surface area contributed by atoms with E-state index in [-0.39, 0.29) is 11.5 Å². The fourth-order valence-electron chi connectivity index (χ4n) is 2.07. The summed E-state index contributed by atoms with van der Waals surface area (Å²) in [5, 5.41) is 18.7. The molecule has 0 atom stereocenters. The lowest BCUT2D eigenvalue weighted by molar-refractivity contribution is 0.00374.